The maximum absolute atomic E-state index is 11.5. The molecule has 2 rings (SSSR count). The van der Waals surface area contributed by atoms with E-state index in [1.807, 2.05) is 20.2 Å². The quantitative estimate of drug-likeness (QED) is 0.831. The van der Waals surface area contributed by atoms with Crippen LogP contribution >= 0.6 is 0 Å². The number of fused-ring (bicyclic) bond motifs is 1. The van der Waals surface area contributed by atoms with Gasteiger partial charge < -0.3 is 9.64 Å². The van der Waals surface area contributed by atoms with Gasteiger partial charge in [-0.2, -0.15) is 0 Å². The fourth-order valence-electron chi connectivity index (χ4n) is 2.17. The summed E-state index contributed by atoms with van der Waals surface area (Å²) in [4.78, 5) is 2.41. The van der Waals surface area contributed by atoms with Gasteiger partial charge in [0.05, 0.1) is 4.90 Å². The van der Waals surface area contributed by atoms with Crippen molar-refractivity contribution in [2.75, 3.05) is 26.9 Å². The average Bonchev–Trinajstić information content (AvgIpc) is 2.26. The third-order valence-corrected chi connectivity index (χ3v) is 4.18. The number of rotatable bonds is 3. The number of ether oxygens (including phenoxy) is 1. The number of hydrogen-bond donors (Lipinski definition) is 0. The van der Waals surface area contributed by atoms with Gasteiger partial charge in [-0.15, -0.1) is 0 Å². The van der Waals surface area contributed by atoms with Crippen molar-refractivity contribution < 1.29 is 13.2 Å². The SMILES string of the molecule is CN(C)CC1CCc2ccc(S(C)(=O)=O)cc2O1. The van der Waals surface area contributed by atoms with Gasteiger partial charge in [0.25, 0.3) is 0 Å². The molecule has 1 unspecified atom stereocenters. The standard InChI is InChI=1S/C13H19NO3S/c1-14(2)9-11-6-4-10-5-7-12(18(3,15)16)8-13(10)17-11/h5,7-8,11H,4,6,9H2,1-3H3. The Morgan fingerprint density at radius 2 is 2.11 bits per heavy atom. The molecule has 0 saturated heterocycles. The fourth-order valence-corrected chi connectivity index (χ4v) is 2.81. The third-order valence-electron chi connectivity index (χ3n) is 3.06. The molecule has 0 aromatic heterocycles. The van der Waals surface area contributed by atoms with Gasteiger partial charge in [-0.05, 0) is 44.6 Å². The molecule has 0 N–H and O–H groups in total. The van der Waals surface area contributed by atoms with Crippen LogP contribution in [-0.4, -0.2) is 46.3 Å². The molecule has 0 radical (unpaired) electrons. The first kappa shape index (κ1) is 13.4. The van der Waals surface area contributed by atoms with E-state index in [0.29, 0.717) is 4.90 Å². The minimum atomic E-state index is -3.17. The Bertz CT molecular complexity index is 537. The Hall–Kier alpha value is -1.07. The van der Waals surface area contributed by atoms with Crippen molar-refractivity contribution in [1.29, 1.82) is 0 Å². The van der Waals surface area contributed by atoms with Crippen LogP contribution in [0.5, 0.6) is 5.75 Å². The van der Waals surface area contributed by atoms with E-state index in [4.69, 9.17) is 4.74 Å². The highest BCUT2D eigenvalue weighted by molar-refractivity contribution is 7.90. The highest BCUT2D eigenvalue weighted by Crippen LogP contribution is 2.30. The summed E-state index contributed by atoms with van der Waals surface area (Å²) in [5.74, 6) is 0.719. The van der Waals surface area contributed by atoms with Crippen molar-refractivity contribution >= 4 is 9.84 Å². The largest absolute Gasteiger partial charge is 0.489 e. The van der Waals surface area contributed by atoms with Gasteiger partial charge >= 0.3 is 0 Å². The van der Waals surface area contributed by atoms with Crippen molar-refractivity contribution in [3.05, 3.63) is 23.8 Å². The molecule has 0 fully saturated rings. The summed E-state index contributed by atoms with van der Waals surface area (Å²) >= 11 is 0. The van der Waals surface area contributed by atoms with E-state index < -0.39 is 9.84 Å². The lowest BCUT2D eigenvalue weighted by Crippen LogP contribution is -2.33. The molecule has 0 aliphatic carbocycles. The summed E-state index contributed by atoms with van der Waals surface area (Å²) in [5, 5.41) is 0. The second-order valence-electron chi connectivity index (χ2n) is 5.08. The predicted molar refractivity (Wildman–Crippen MR) is 70.8 cm³/mol. The number of benzene rings is 1. The van der Waals surface area contributed by atoms with E-state index in [1.165, 1.54) is 6.26 Å². The number of aryl methyl sites for hydroxylation is 1. The number of sulfone groups is 1. The zero-order valence-corrected chi connectivity index (χ0v) is 11.8. The Labute approximate surface area is 108 Å². The van der Waals surface area contributed by atoms with Gasteiger partial charge in [0, 0.05) is 12.8 Å². The normalized spacial score (nSPS) is 19.4. The van der Waals surface area contributed by atoms with Crippen LogP contribution in [-0.2, 0) is 16.3 Å². The third kappa shape index (κ3) is 3.03. The molecule has 1 heterocycles. The summed E-state index contributed by atoms with van der Waals surface area (Å²) in [7, 11) is 0.844. The predicted octanol–water partition coefficient (Wildman–Crippen LogP) is 1.35. The molecule has 0 bridgehead atoms. The van der Waals surface area contributed by atoms with Crippen LogP contribution in [0.25, 0.3) is 0 Å². The molecule has 0 spiro atoms. The highest BCUT2D eigenvalue weighted by Gasteiger charge is 2.21. The van der Waals surface area contributed by atoms with Crippen molar-refractivity contribution in [2.24, 2.45) is 0 Å². The molecule has 0 amide bonds. The Morgan fingerprint density at radius 1 is 1.39 bits per heavy atom. The molecule has 1 aliphatic rings. The molecule has 18 heavy (non-hydrogen) atoms. The smallest absolute Gasteiger partial charge is 0.175 e. The molecule has 1 atom stereocenters. The average molecular weight is 269 g/mol. The number of hydrogen-bond acceptors (Lipinski definition) is 4. The van der Waals surface area contributed by atoms with Crippen molar-refractivity contribution in [3.8, 4) is 5.75 Å². The molecule has 1 aromatic rings. The number of likely N-dealkylation sites (N-methyl/N-ethyl adjacent to an activating group) is 1. The van der Waals surface area contributed by atoms with Crippen LogP contribution in [0.15, 0.2) is 23.1 Å². The topological polar surface area (TPSA) is 46.6 Å². The molecular weight excluding hydrogens is 250 g/mol. The fraction of sp³-hybridized carbons (Fsp3) is 0.538. The van der Waals surface area contributed by atoms with Crippen LogP contribution in [0.4, 0.5) is 0 Å². The highest BCUT2D eigenvalue weighted by atomic mass is 32.2. The zero-order chi connectivity index (χ0) is 13.3. The second kappa shape index (κ2) is 4.90. The summed E-state index contributed by atoms with van der Waals surface area (Å²) in [5.41, 5.74) is 1.09. The van der Waals surface area contributed by atoms with Crippen LogP contribution < -0.4 is 4.74 Å². The van der Waals surface area contributed by atoms with Crippen molar-refractivity contribution in [1.82, 2.24) is 4.90 Å². The van der Waals surface area contributed by atoms with E-state index in [2.05, 4.69) is 4.90 Å². The molecule has 1 aliphatic heterocycles. The minimum absolute atomic E-state index is 0.141. The van der Waals surface area contributed by atoms with Gasteiger partial charge in [0.15, 0.2) is 9.84 Å². The van der Waals surface area contributed by atoms with Gasteiger partial charge in [-0.1, -0.05) is 6.07 Å². The van der Waals surface area contributed by atoms with Crippen molar-refractivity contribution in [3.63, 3.8) is 0 Å². The lowest BCUT2D eigenvalue weighted by atomic mass is 10.0. The van der Waals surface area contributed by atoms with Crippen LogP contribution in [0.3, 0.4) is 0 Å². The van der Waals surface area contributed by atoms with Gasteiger partial charge in [-0.3, -0.25) is 0 Å². The molecule has 100 valence electrons. The molecular formula is C13H19NO3S. The monoisotopic (exact) mass is 269 g/mol. The summed E-state index contributed by atoms with van der Waals surface area (Å²) in [6, 6.07) is 5.16. The lowest BCUT2D eigenvalue weighted by molar-refractivity contribution is 0.137. The first-order valence-corrected chi connectivity index (χ1v) is 7.90. The van der Waals surface area contributed by atoms with Crippen LogP contribution in [0.1, 0.15) is 12.0 Å². The Kier molecular flexibility index (Phi) is 3.64. The molecule has 1 aromatic carbocycles. The molecule has 0 saturated carbocycles. The first-order valence-electron chi connectivity index (χ1n) is 6.00. The van der Waals surface area contributed by atoms with E-state index in [1.54, 1.807) is 12.1 Å². The number of nitrogens with zero attached hydrogens (tertiary/aromatic N) is 1. The van der Waals surface area contributed by atoms with E-state index in [-0.39, 0.29) is 6.10 Å². The van der Waals surface area contributed by atoms with Gasteiger partial charge in [0.1, 0.15) is 11.9 Å². The van der Waals surface area contributed by atoms with Gasteiger partial charge in [-0.25, -0.2) is 8.42 Å². The van der Waals surface area contributed by atoms with E-state index in [9.17, 15) is 8.42 Å². The van der Waals surface area contributed by atoms with Gasteiger partial charge in [0.2, 0.25) is 0 Å². The van der Waals surface area contributed by atoms with Crippen molar-refractivity contribution in [2.45, 2.75) is 23.8 Å². The summed E-state index contributed by atoms with van der Waals surface area (Å²) in [6.45, 7) is 0.850. The Morgan fingerprint density at radius 3 is 2.72 bits per heavy atom. The second-order valence-corrected chi connectivity index (χ2v) is 7.10. The van der Waals surface area contributed by atoms with Crippen LogP contribution in [0.2, 0.25) is 0 Å². The molecule has 4 nitrogen and oxygen atoms in total. The first-order chi connectivity index (χ1) is 8.36. The lowest BCUT2D eigenvalue weighted by Gasteiger charge is -2.28. The maximum atomic E-state index is 11.5. The van der Waals surface area contributed by atoms with Crippen LogP contribution in [0, 0.1) is 0 Å². The molecule has 5 heteroatoms. The van der Waals surface area contributed by atoms with E-state index >= 15 is 0 Å². The Balaban J connectivity index is 2.25. The zero-order valence-electron chi connectivity index (χ0n) is 11.0. The maximum Gasteiger partial charge on any atom is 0.175 e. The summed E-state index contributed by atoms with van der Waals surface area (Å²) in [6.07, 6.45) is 3.28. The van der Waals surface area contributed by atoms with E-state index in [0.717, 1.165) is 30.7 Å². The minimum Gasteiger partial charge on any atom is -0.489 e. The summed E-state index contributed by atoms with van der Waals surface area (Å²) < 4.78 is 28.9.